The number of nitrogens with one attached hydrogen (secondary N) is 2. The van der Waals surface area contributed by atoms with Crippen molar-refractivity contribution in [2.45, 2.75) is 26.3 Å². The van der Waals surface area contributed by atoms with Gasteiger partial charge in [-0.15, -0.1) is 0 Å². The molecule has 0 aliphatic carbocycles. The summed E-state index contributed by atoms with van der Waals surface area (Å²) in [5.74, 6) is 0.468. The summed E-state index contributed by atoms with van der Waals surface area (Å²) in [6, 6.07) is 3.63. The third kappa shape index (κ3) is 4.19. The van der Waals surface area contributed by atoms with Crippen molar-refractivity contribution in [3.63, 3.8) is 0 Å². The molecule has 2 N–H and O–H groups in total. The Balaban J connectivity index is 2.10. The Labute approximate surface area is 133 Å². The van der Waals surface area contributed by atoms with Crippen LogP contribution < -0.4 is 10.6 Å². The van der Waals surface area contributed by atoms with Crippen molar-refractivity contribution in [1.29, 1.82) is 0 Å². The number of pyridine rings is 1. The third-order valence-electron chi connectivity index (χ3n) is 3.05. The van der Waals surface area contributed by atoms with Gasteiger partial charge in [-0.1, -0.05) is 18.5 Å². The lowest BCUT2D eigenvalue weighted by Gasteiger charge is -2.14. The Hall–Kier alpha value is -1.59. The van der Waals surface area contributed by atoms with E-state index in [2.05, 4.69) is 22.5 Å². The van der Waals surface area contributed by atoms with Crippen molar-refractivity contribution < 1.29 is 4.79 Å². The highest BCUT2D eigenvalue weighted by Gasteiger charge is 2.15. The van der Waals surface area contributed by atoms with Gasteiger partial charge in [-0.3, -0.25) is 4.79 Å². The molecule has 1 unspecified atom stereocenters. The van der Waals surface area contributed by atoms with Crippen molar-refractivity contribution >= 4 is 34.7 Å². The summed E-state index contributed by atoms with van der Waals surface area (Å²) in [4.78, 5) is 16.5. The molecule has 4 nitrogen and oxygen atoms in total. The summed E-state index contributed by atoms with van der Waals surface area (Å²) < 4.78 is 0. The highest BCUT2D eigenvalue weighted by atomic mass is 35.5. The van der Waals surface area contributed by atoms with E-state index in [1.165, 1.54) is 6.20 Å². The first-order chi connectivity index (χ1) is 10.1. The van der Waals surface area contributed by atoms with Gasteiger partial charge in [-0.2, -0.15) is 11.3 Å². The van der Waals surface area contributed by atoms with Gasteiger partial charge in [0.2, 0.25) is 0 Å². The van der Waals surface area contributed by atoms with Gasteiger partial charge >= 0.3 is 0 Å². The van der Waals surface area contributed by atoms with E-state index in [-0.39, 0.29) is 11.9 Å². The minimum atomic E-state index is -0.194. The van der Waals surface area contributed by atoms with E-state index >= 15 is 0 Å². The van der Waals surface area contributed by atoms with E-state index < -0.39 is 0 Å². The van der Waals surface area contributed by atoms with Crippen LogP contribution in [0.15, 0.2) is 29.1 Å². The molecule has 0 fully saturated rings. The summed E-state index contributed by atoms with van der Waals surface area (Å²) >= 11 is 7.69. The number of thiophene rings is 1. The van der Waals surface area contributed by atoms with Crippen LogP contribution in [-0.4, -0.2) is 17.4 Å². The standard InChI is InChI=1S/C15H18ClN3OS/c1-3-5-17-14-7-12(13(16)8-18-14)15(20)19-10(2)11-4-6-21-9-11/h4,6-10H,3,5H2,1-2H3,(H,17,18)(H,19,20). The zero-order chi connectivity index (χ0) is 15.2. The Morgan fingerprint density at radius 3 is 3.00 bits per heavy atom. The van der Waals surface area contributed by atoms with E-state index in [9.17, 15) is 4.79 Å². The first kappa shape index (κ1) is 15.8. The molecule has 112 valence electrons. The molecular formula is C15H18ClN3OS. The number of rotatable bonds is 6. The fraction of sp³-hybridized carbons (Fsp3) is 0.333. The van der Waals surface area contributed by atoms with Crippen molar-refractivity contribution in [3.8, 4) is 0 Å². The van der Waals surface area contributed by atoms with Crippen molar-refractivity contribution in [3.05, 3.63) is 45.2 Å². The molecule has 6 heteroatoms. The molecule has 2 rings (SSSR count). The number of hydrogen-bond acceptors (Lipinski definition) is 4. The van der Waals surface area contributed by atoms with Crippen LogP contribution in [0.5, 0.6) is 0 Å². The molecule has 0 spiro atoms. The summed E-state index contributed by atoms with van der Waals surface area (Å²) in [5.41, 5.74) is 1.52. The maximum Gasteiger partial charge on any atom is 0.253 e. The lowest BCUT2D eigenvalue weighted by Crippen LogP contribution is -2.26. The van der Waals surface area contributed by atoms with Gasteiger partial charge in [0.1, 0.15) is 5.82 Å². The van der Waals surface area contributed by atoms with E-state index in [1.54, 1.807) is 17.4 Å². The summed E-state index contributed by atoms with van der Waals surface area (Å²) in [6.07, 6.45) is 2.49. The lowest BCUT2D eigenvalue weighted by molar-refractivity contribution is 0.0940. The van der Waals surface area contributed by atoms with E-state index in [4.69, 9.17) is 11.6 Å². The normalized spacial score (nSPS) is 12.0. The topological polar surface area (TPSA) is 54.0 Å². The Morgan fingerprint density at radius 1 is 1.52 bits per heavy atom. The Kier molecular flexibility index (Phi) is 5.59. The fourth-order valence-corrected chi connectivity index (χ4v) is 2.78. The zero-order valence-corrected chi connectivity index (χ0v) is 13.6. The van der Waals surface area contributed by atoms with Crippen LogP contribution in [0, 0.1) is 0 Å². The summed E-state index contributed by atoms with van der Waals surface area (Å²) in [5, 5.41) is 10.5. The smallest absolute Gasteiger partial charge is 0.253 e. The molecule has 0 aliphatic heterocycles. The minimum absolute atomic E-state index is 0.0555. The molecule has 2 heterocycles. The number of aromatic nitrogens is 1. The maximum absolute atomic E-state index is 12.3. The van der Waals surface area contributed by atoms with Crippen LogP contribution in [0.2, 0.25) is 5.02 Å². The van der Waals surface area contributed by atoms with Gasteiger partial charge in [0.05, 0.1) is 16.6 Å². The number of halogens is 1. The second-order valence-corrected chi connectivity index (χ2v) is 5.92. The van der Waals surface area contributed by atoms with Gasteiger partial charge in [-0.05, 0) is 41.8 Å². The van der Waals surface area contributed by atoms with Gasteiger partial charge < -0.3 is 10.6 Å². The minimum Gasteiger partial charge on any atom is -0.370 e. The SMILES string of the molecule is CCCNc1cc(C(=O)NC(C)c2ccsc2)c(Cl)cn1. The predicted octanol–water partition coefficient (Wildman–Crippen LogP) is 4.11. The molecule has 0 saturated carbocycles. The number of hydrogen-bond donors (Lipinski definition) is 2. The predicted molar refractivity (Wildman–Crippen MR) is 88.2 cm³/mol. The molecule has 21 heavy (non-hydrogen) atoms. The highest BCUT2D eigenvalue weighted by Crippen LogP contribution is 2.20. The van der Waals surface area contributed by atoms with Crippen molar-refractivity contribution in [2.75, 3.05) is 11.9 Å². The fourth-order valence-electron chi connectivity index (χ4n) is 1.84. The van der Waals surface area contributed by atoms with Crippen LogP contribution in [0.3, 0.4) is 0 Å². The zero-order valence-electron chi connectivity index (χ0n) is 12.0. The molecule has 0 radical (unpaired) electrons. The molecule has 0 saturated heterocycles. The monoisotopic (exact) mass is 323 g/mol. The Morgan fingerprint density at radius 2 is 2.33 bits per heavy atom. The van der Waals surface area contributed by atoms with E-state index in [0.29, 0.717) is 16.4 Å². The number of carbonyl (C=O) groups is 1. The number of amides is 1. The van der Waals surface area contributed by atoms with E-state index in [0.717, 1.165) is 18.5 Å². The average Bonchev–Trinajstić information content (AvgIpc) is 3.00. The lowest BCUT2D eigenvalue weighted by atomic mass is 10.1. The van der Waals surface area contributed by atoms with Crippen molar-refractivity contribution in [1.82, 2.24) is 10.3 Å². The molecule has 1 amide bonds. The van der Waals surface area contributed by atoms with Crippen LogP contribution in [0.25, 0.3) is 0 Å². The largest absolute Gasteiger partial charge is 0.370 e. The summed E-state index contributed by atoms with van der Waals surface area (Å²) in [7, 11) is 0. The molecule has 2 aromatic rings. The second kappa shape index (κ2) is 7.43. The Bertz CT molecular complexity index is 601. The molecule has 2 aromatic heterocycles. The third-order valence-corrected chi connectivity index (χ3v) is 4.05. The van der Waals surface area contributed by atoms with Gasteiger partial charge in [-0.25, -0.2) is 4.98 Å². The molecule has 0 aromatic carbocycles. The first-order valence-corrected chi connectivity index (χ1v) is 8.16. The van der Waals surface area contributed by atoms with Crippen LogP contribution >= 0.6 is 22.9 Å². The molecular weight excluding hydrogens is 306 g/mol. The molecule has 1 atom stereocenters. The van der Waals surface area contributed by atoms with Gasteiger partial charge in [0.15, 0.2) is 0 Å². The van der Waals surface area contributed by atoms with Crippen LogP contribution in [-0.2, 0) is 0 Å². The maximum atomic E-state index is 12.3. The quantitative estimate of drug-likeness (QED) is 0.841. The van der Waals surface area contributed by atoms with Crippen LogP contribution in [0.4, 0.5) is 5.82 Å². The first-order valence-electron chi connectivity index (χ1n) is 6.84. The van der Waals surface area contributed by atoms with Crippen molar-refractivity contribution in [2.24, 2.45) is 0 Å². The van der Waals surface area contributed by atoms with Gasteiger partial charge in [0, 0.05) is 12.7 Å². The second-order valence-electron chi connectivity index (χ2n) is 4.73. The highest BCUT2D eigenvalue weighted by molar-refractivity contribution is 7.07. The number of carbonyl (C=O) groups excluding carboxylic acids is 1. The molecule has 0 bridgehead atoms. The van der Waals surface area contributed by atoms with E-state index in [1.807, 2.05) is 23.8 Å². The van der Waals surface area contributed by atoms with Gasteiger partial charge in [0.25, 0.3) is 5.91 Å². The summed E-state index contributed by atoms with van der Waals surface area (Å²) in [6.45, 7) is 4.82. The number of anilines is 1. The van der Waals surface area contributed by atoms with Crippen LogP contribution in [0.1, 0.15) is 42.2 Å². The average molecular weight is 324 g/mol. The molecule has 0 aliphatic rings. The number of nitrogens with zero attached hydrogens (tertiary/aromatic N) is 1.